The highest BCUT2D eigenvalue weighted by atomic mass is 35.5. The maximum atomic E-state index is 10.3. The summed E-state index contributed by atoms with van der Waals surface area (Å²) in [5.74, 6) is 0.333. The van der Waals surface area contributed by atoms with E-state index in [1.165, 1.54) is 11.3 Å². The van der Waals surface area contributed by atoms with Gasteiger partial charge in [-0.05, 0) is 32.0 Å². The summed E-state index contributed by atoms with van der Waals surface area (Å²) in [7, 11) is 0. The molecule has 0 amide bonds. The molecule has 0 fully saturated rings. The molecule has 0 spiro atoms. The van der Waals surface area contributed by atoms with E-state index in [0.29, 0.717) is 26.3 Å². The number of aromatic nitrogens is 1. The fourth-order valence-corrected chi connectivity index (χ4v) is 3.80. The summed E-state index contributed by atoms with van der Waals surface area (Å²) in [5, 5.41) is 20.3. The maximum Gasteiger partial charge on any atom is 0.139 e. The standard InChI is InChI=1S/C15H13Cl2N3OS/c1-7-8(2)22-15(19-7)13-12(21)6-20(14(13)18)11-4-9(16)3-10(17)5-11/h3-5,18,21H,6H2,1-2H3. The number of nitrogens with zero attached hydrogens (tertiary/aromatic N) is 2. The molecule has 1 aromatic heterocycles. The van der Waals surface area contributed by atoms with Crippen LogP contribution in [0.2, 0.25) is 10.0 Å². The predicted octanol–water partition coefficient (Wildman–Crippen LogP) is 4.83. The Kier molecular flexibility index (Phi) is 3.89. The van der Waals surface area contributed by atoms with Gasteiger partial charge in [0.15, 0.2) is 0 Å². The van der Waals surface area contributed by atoms with Gasteiger partial charge in [-0.15, -0.1) is 11.3 Å². The van der Waals surface area contributed by atoms with Crippen LogP contribution in [0.15, 0.2) is 24.0 Å². The minimum atomic E-state index is 0.134. The van der Waals surface area contributed by atoms with Crippen LogP contribution in [-0.2, 0) is 0 Å². The lowest BCUT2D eigenvalue weighted by Crippen LogP contribution is -2.26. The van der Waals surface area contributed by atoms with Crippen LogP contribution in [0.1, 0.15) is 15.6 Å². The molecule has 2 heterocycles. The van der Waals surface area contributed by atoms with E-state index in [2.05, 4.69) is 4.98 Å². The van der Waals surface area contributed by atoms with Crippen LogP contribution in [0.4, 0.5) is 5.69 Å². The Morgan fingerprint density at radius 3 is 2.41 bits per heavy atom. The van der Waals surface area contributed by atoms with Crippen molar-refractivity contribution in [2.45, 2.75) is 13.8 Å². The third-order valence-corrected chi connectivity index (χ3v) is 5.03. The van der Waals surface area contributed by atoms with Crippen LogP contribution in [0, 0.1) is 19.3 Å². The van der Waals surface area contributed by atoms with Crippen molar-refractivity contribution in [2.75, 3.05) is 11.4 Å². The van der Waals surface area contributed by atoms with Gasteiger partial charge in [0.1, 0.15) is 16.6 Å². The number of hydrogen-bond donors (Lipinski definition) is 2. The molecule has 114 valence electrons. The lowest BCUT2D eigenvalue weighted by molar-refractivity contribution is 0.411. The predicted molar refractivity (Wildman–Crippen MR) is 92.7 cm³/mol. The van der Waals surface area contributed by atoms with Gasteiger partial charge in [-0.3, -0.25) is 5.41 Å². The lowest BCUT2D eigenvalue weighted by atomic mass is 10.2. The van der Waals surface area contributed by atoms with Crippen LogP contribution >= 0.6 is 34.5 Å². The highest BCUT2D eigenvalue weighted by molar-refractivity contribution is 7.13. The molecule has 4 nitrogen and oxygen atoms in total. The molecule has 0 saturated carbocycles. The highest BCUT2D eigenvalue weighted by Crippen LogP contribution is 2.35. The highest BCUT2D eigenvalue weighted by Gasteiger charge is 2.31. The van der Waals surface area contributed by atoms with E-state index in [1.807, 2.05) is 13.8 Å². The Morgan fingerprint density at radius 1 is 1.23 bits per heavy atom. The van der Waals surface area contributed by atoms with Crippen molar-refractivity contribution in [3.8, 4) is 0 Å². The van der Waals surface area contributed by atoms with E-state index in [4.69, 9.17) is 28.6 Å². The summed E-state index contributed by atoms with van der Waals surface area (Å²) in [4.78, 5) is 7.17. The van der Waals surface area contributed by atoms with Gasteiger partial charge in [0.2, 0.25) is 0 Å². The molecule has 7 heteroatoms. The van der Waals surface area contributed by atoms with Gasteiger partial charge < -0.3 is 10.0 Å². The molecule has 2 N–H and O–H groups in total. The third kappa shape index (κ3) is 2.60. The Morgan fingerprint density at radius 2 is 1.86 bits per heavy atom. The summed E-state index contributed by atoms with van der Waals surface area (Å²) in [6, 6.07) is 5.07. The average Bonchev–Trinajstić information content (AvgIpc) is 2.89. The van der Waals surface area contributed by atoms with Gasteiger partial charge in [0.05, 0.1) is 17.8 Å². The van der Waals surface area contributed by atoms with Gasteiger partial charge >= 0.3 is 0 Å². The molecule has 0 aliphatic carbocycles. The van der Waals surface area contributed by atoms with Crippen LogP contribution in [0.5, 0.6) is 0 Å². The molecule has 0 unspecified atom stereocenters. The Bertz CT molecular complexity index is 773. The maximum absolute atomic E-state index is 10.3. The van der Waals surface area contributed by atoms with Gasteiger partial charge in [0, 0.05) is 20.6 Å². The molecular formula is C15H13Cl2N3OS. The van der Waals surface area contributed by atoms with E-state index < -0.39 is 0 Å². The molecule has 2 aromatic rings. The molecule has 1 aromatic carbocycles. The van der Waals surface area contributed by atoms with Crippen molar-refractivity contribution in [1.29, 1.82) is 5.41 Å². The van der Waals surface area contributed by atoms with Crippen LogP contribution in [0.3, 0.4) is 0 Å². The number of rotatable bonds is 2. The second-order valence-corrected chi connectivity index (χ2v) is 7.12. The van der Waals surface area contributed by atoms with Crippen molar-refractivity contribution >= 4 is 51.6 Å². The van der Waals surface area contributed by atoms with Crippen molar-refractivity contribution in [1.82, 2.24) is 4.98 Å². The number of anilines is 1. The third-order valence-electron chi connectivity index (χ3n) is 3.50. The molecule has 1 aliphatic rings. The normalized spacial score (nSPS) is 15.1. The van der Waals surface area contributed by atoms with Gasteiger partial charge in [-0.25, -0.2) is 4.98 Å². The number of amidine groups is 1. The van der Waals surface area contributed by atoms with Crippen LogP contribution < -0.4 is 4.90 Å². The summed E-state index contributed by atoms with van der Waals surface area (Å²) < 4.78 is 0. The van der Waals surface area contributed by atoms with Crippen molar-refractivity contribution in [2.24, 2.45) is 0 Å². The van der Waals surface area contributed by atoms with Crippen molar-refractivity contribution < 1.29 is 5.11 Å². The topological polar surface area (TPSA) is 60.2 Å². The van der Waals surface area contributed by atoms with E-state index in [0.717, 1.165) is 10.6 Å². The fourth-order valence-electron chi connectivity index (χ4n) is 2.30. The summed E-state index contributed by atoms with van der Waals surface area (Å²) >= 11 is 13.5. The van der Waals surface area contributed by atoms with E-state index in [9.17, 15) is 5.11 Å². The molecular weight excluding hydrogens is 341 g/mol. The second kappa shape index (κ2) is 5.57. The minimum Gasteiger partial charge on any atom is -0.510 e. The summed E-state index contributed by atoms with van der Waals surface area (Å²) in [6.07, 6.45) is 0. The van der Waals surface area contributed by atoms with Gasteiger partial charge in [-0.1, -0.05) is 23.2 Å². The lowest BCUT2D eigenvalue weighted by Gasteiger charge is -2.19. The van der Waals surface area contributed by atoms with Crippen LogP contribution in [-0.4, -0.2) is 22.5 Å². The zero-order valence-electron chi connectivity index (χ0n) is 11.9. The molecule has 0 saturated heterocycles. The first-order valence-electron chi connectivity index (χ1n) is 6.56. The summed E-state index contributed by atoms with van der Waals surface area (Å²) in [5.41, 5.74) is 2.06. The van der Waals surface area contributed by atoms with E-state index in [1.54, 1.807) is 23.1 Å². The number of thiazole rings is 1. The van der Waals surface area contributed by atoms with E-state index in [-0.39, 0.29) is 18.1 Å². The number of aryl methyl sites for hydroxylation is 2. The quantitative estimate of drug-likeness (QED) is 0.812. The molecule has 1 aliphatic heterocycles. The van der Waals surface area contributed by atoms with Crippen molar-refractivity contribution in [3.63, 3.8) is 0 Å². The summed E-state index contributed by atoms with van der Waals surface area (Å²) in [6.45, 7) is 4.10. The number of hydrogen-bond acceptors (Lipinski definition) is 4. The minimum absolute atomic E-state index is 0.134. The molecule has 0 bridgehead atoms. The van der Waals surface area contributed by atoms with E-state index >= 15 is 0 Å². The SMILES string of the molecule is Cc1nc(C2=C(O)CN(c3cc(Cl)cc(Cl)c3)C2=N)sc1C. The van der Waals surface area contributed by atoms with Gasteiger partial charge in [-0.2, -0.15) is 0 Å². The molecule has 0 radical (unpaired) electrons. The Hall–Kier alpha value is -1.56. The first kappa shape index (κ1) is 15.3. The second-order valence-electron chi connectivity index (χ2n) is 5.04. The van der Waals surface area contributed by atoms with Crippen molar-refractivity contribution in [3.05, 3.63) is 49.6 Å². The largest absolute Gasteiger partial charge is 0.510 e. The zero-order chi connectivity index (χ0) is 16.0. The molecule has 3 rings (SSSR count). The number of nitrogens with one attached hydrogen (secondary N) is 1. The number of halogens is 2. The first-order valence-corrected chi connectivity index (χ1v) is 8.13. The number of aliphatic hydroxyl groups is 1. The molecule has 0 atom stereocenters. The Balaban J connectivity index is 1.99. The van der Waals surface area contributed by atoms with Crippen LogP contribution in [0.25, 0.3) is 5.57 Å². The number of benzene rings is 1. The number of aliphatic hydroxyl groups excluding tert-OH is 1. The average molecular weight is 354 g/mol. The monoisotopic (exact) mass is 353 g/mol. The Labute approximate surface area is 142 Å². The molecule has 22 heavy (non-hydrogen) atoms. The zero-order valence-corrected chi connectivity index (χ0v) is 14.3. The smallest absolute Gasteiger partial charge is 0.139 e. The first-order chi connectivity index (χ1) is 10.4. The van der Waals surface area contributed by atoms with Gasteiger partial charge in [0.25, 0.3) is 0 Å². The fraction of sp³-hybridized carbons (Fsp3) is 0.200.